The lowest BCUT2D eigenvalue weighted by Crippen LogP contribution is -2.48. The molecule has 1 aliphatic heterocycles. The Hall–Kier alpha value is -1.26. The van der Waals surface area contributed by atoms with Gasteiger partial charge >= 0.3 is 0 Å². The summed E-state index contributed by atoms with van der Waals surface area (Å²) in [5.41, 5.74) is 7.94. The molecule has 0 radical (unpaired) electrons. The third-order valence-corrected chi connectivity index (χ3v) is 3.60. The van der Waals surface area contributed by atoms with E-state index in [-0.39, 0.29) is 0 Å². The summed E-state index contributed by atoms with van der Waals surface area (Å²) >= 11 is 0. The Morgan fingerprint density at radius 1 is 1.39 bits per heavy atom. The lowest BCUT2D eigenvalue weighted by molar-refractivity contribution is 0.183. The van der Waals surface area contributed by atoms with Gasteiger partial charge in [0.1, 0.15) is 5.75 Å². The molecule has 1 unspecified atom stereocenters. The Labute approximate surface area is 109 Å². The van der Waals surface area contributed by atoms with E-state index in [1.165, 1.54) is 5.56 Å². The summed E-state index contributed by atoms with van der Waals surface area (Å²) in [6.07, 6.45) is 1.04. The molecule has 4 heteroatoms. The van der Waals surface area contributed by atoms with Crippen molar-refractivity contribution in [3.05, 3.63) is 23.8 Å². The van der Waals surface area contributed by atoms with Crippen LogP contribution in [-0.4, -0.2) is 44.2 Å². The van der Waals surface area contributed by atoms with Gasteiger partial charge in [0.2, 0.25) is 0 Å². The van der Waals surface area contributed by atoms with E-state index < -0.39 is 0 Å². The van der Waals surface area contributed by atoms with E-state index in [1.807, 2.05) is 12.1 Å². The van der Waals surface area contributed by atoms with Crippen molar-refractivity contribution in [3.63, 3.8) is 0 Å². The number of anilines is 1. The van der Waals surface area contributed by atoms with Gasteiger partial charge in [0, 0.05) is 32.2 Å². The van der Waals surface area contributed by atoms with Gasteiger partial charge in [-0.05, 0) is 31.0 Å². The molecule has 0 aromatic heterocycles. The van der Waals surface area contributed by atoms with Crippen molar-refractivity contribution < 1.29 is 4.74 Å². The highest BCUT2D eigenvalue weighted by Gasteiger charge is 2.16. The number of hydrogen-bond acceptors (Lipinski definition) is 4. The molecule has 1 saturated heterocycles. The number of piperazine rings is 1. The van der Waals surface area contributed by atoms with Gasteiger partial charge in [-0.3, -0.25) is 4.90 Å². The molecule has 0 saturated carbocycles. The molecule has 2 rings (SSSR count). The quantitative estimate of drug-likeness (QED) is 0.785. The minimum Gasteiger partial charge on any atom is -0.495 e. The lowest BCUT2D eigenvalue weighted by Gasteiger charge is -2.33. The molecule has 1 aromatic rings. The first-order chi connectivity index (χ1) is 8.70. The van der Waals surface area contributed by atoms with Crippen molar-refractivity contribution >= 4 is 5.69 Å². The molecule has 0 aliphatic carbocycles. The molecule has 1 atom stereocenters. The topological polar surface area (TPSA) is 50.5 Å². The number of methoxy groups -OCH3 is 1. The second-order valence-electron chi connectivity index (χ2n) is 4.92. The fourth-order valence-electron chi connectivity index (χ4n) is 2.50. The summed E-state index contributed by atoms with van der Waals surface area (Å²) in [5.74, 6) is 0.758. The first-order valence-electron chi connectivity index (χ1n) is 6.58. The molecule has 1 aliphatic rings. The third kappa shape index (κ3) is 3.15. The molecule has 0 bridgehead atoms. The van der Waals surface area contributed by atoms with Crippen LogP contribution in [0.2, 0.25) is 0 Å². The number of rotatable bonds is 4. The normalized spacial score (nSPS) is 18.6. The van der Waals surface area contributed by atoms with E-state index in [1.54, 1.807) is 7.11 Å². The van der Waals surface area contributed by atoms with Crippen molar-refractivity contribution in [1.82, 2.24) is 10.2 Å². The molecule has 1 heterocycles. The molecule has 4 nitrogen and oxygen atoms in total. The zero-order valence-corrected chi connectivity index (χ0v) is 11.3. The van der Waals surface area contributed by atoms with Gasteiger partial charge in [0.25, 0.3) is 0 Å². The minimum atomic E-state index is 0.555. The van der Waals surface area contributed by atoms with Crippen molar-refractivity contribution in [2.75, 3.05) is 39.0 Å². The van der Waals surface area contributed by atoms with E-state index in [0.29, 0.717) is 6.04 Å². The standard InChI is InChI=1S/C14H23N3O/c1-11(17-7-5-16-6-8-17)9-12-3-4-14(18-2)13(15)10-12/h3-4,10-11,16H,5-9,15H2,1-2H3. The maximum Gasteiger partial charge on any atom is 0.141 e. The Balaban J connectivity index is 1.97. The minimum absolute atomic E-state index is 0.555. The summed E-state index contributed by atoms with van der Waals surface area (Å²) in [6.45, 7) is 6.73. The Bertz CT molecular complexity index is 389. The lowest BCUT2D eigenvalue weighted by atomic mass is 10.0. The summed E-state index contributed by atoms with van der Waals surface area (Å²) in [7, 11) is 1.65. The van der Waals surface area contributed by atoms with Gasteiger partial charge in [-0.15, -0.1) is 0 Å². The number of nitrogens with one attached hydrogen (secondary N) is 1. The largest absolute Gasteiger partial charge is 0.495 e. The predicted octanol–water partition coefficient (Wildman–Crippen LogP) is 1.11. The molecule has 0 amide bonds. The molecule has 3 N–H and O–H groups in total. The van der Waals surface area contributed by atoms with Crippen LogP contribution in [0.5, 0.6) is 5.75 Å². The average Bonchev–Trinajstić information content (AvgIpc) is 2.40. The first kappa shape index (κ1) is 13.2. The number of benzene rings is 1. The first-order valence-corrected chi connectivity index (χ1v) is 6.58. The summed E-state index contributed by atoms with van der Waals surface area (Å²) in [6, 6.07) is 6.64. The molecule has 1 fully saturated rings. The zero-order valence-electron chi connectivity index (χ0n) is 11.3. The van der Waals surface area contributed by atoms with Crippen LogP contribution in [0.25, 0.3) is 0 Å². The smallest absolute Gasteiger partial charge is 0.141 e. The Morgan fingerprint density at radius 2 is 2.11 bits per heavy atom. The van der Waals surface area contributed by atoms with Crippen molar-refractivity contribution in [1.29, 1.82) is 0 Å². The Morgan fingerprint density at radius 3 is 2.72 bits per heavy atom. The molecule has 1 aromatic carbocycles. The van der Waals surface area contributed by atoms with Gasteiger partial charge in [0.05, 0.1) is 12.8 Å². The second kappa shape index (κ2) is 6.07. The third-order valence-electron chi connectivity index (χ3n) is 3.60. The SMILES string of the molecule is COc1ccc(CC(C)N2CCNCC2)cc1N. The number of ether oxygens (including phenoxy) is 1. The molecular formula is C14H23N3O. The van der Waals surface area contributed by atoms with Crippen LogP contribution >= 0.6 is 0 Å². The molecule has 0 spiro atoms. The molecular weight excluding hydrogens is 226 g/mol. The van der Waals surface area contributed by atoms with E-state index in [9.17, 15) is 0 Å². The predicted molar refractivity (Wildman–Crippen MR) is 75.0 cm³/mol. The van der Waals surface area contributed by atoms with Crippen molar-refractivity contribution in [2.24, 2.45) is 0 Å². The van der Waals surface area contributed by atoms with Crippen LogP contribution in [0, 0.1) is 0 Å². The molecule has 100 valence electrons. The van der Waals surface area contributed by atoms with E-state index in [0.717, 1.165) is 44.0 Å². The number of nitrogens with zero attached hydrogens (tertiary/aromatic N) is 1. The van der Waals surface area contributed by atoms with E-state index in [4.69, 9.17) is 10.5 Å². The van der Waals surface area contributed by atoms with Gasteiger partial charge in [-0.2, -0.15) is 0 Å². The number of hydrogen-bond donors (Lipinski definition) is 2. The maximum absolute atomic E-state index is 5.94. The van der Waals surface area contributed by atoms with Gasteiger partial charge in [-0.25, -0.2) is 0 Å². The summed E-state index contributed by atoms with van der Waals surface area (Å²) in [4.78, 5) is 2.52. The van der Waals surface area contributed by atoms with Crippen LogP contribution in [0.15, 0.2) is 18.2 Å². The Kier molecular flexibility index (Phi) is 4.44. The maximum atomic E-state index is 5.94. The fraction of sp³-hybridized carbons (Fsp3) is 0.571. The highest BCUT2D eigenvalue weighted by Crippen LogP contribution is 2.23. The van der Waals surface area contributed by atoms with Crippen molar-refractivity contribution in [2.45, 2.75) is 19.4 Å². The van der Waals surface area contributed by atoms with Crippen LogP contribution in [0.4, 0.5) is 5.69 Å². The van der Waals surface area contributed by atoms with Crippen LogP contribution in [-0.2, 0) is 6.42 Å². The highest BCUT2D eigenvalue weighted by molar-refractivity contribution is 5.54. The summed E-state index contributed by atoms with van der Waals surface area (Å²) in [5, 5.41) is 3.38. The average molecular weight is 249 g/mol. The van der Waals surface area contributed by atoms with Gasteiger partial charge in [0.15, 0.2) is 0 Å². The summed E-state index contributed by atoms with van der Waals surface area (Å²) < 4.78 is 5.18. The van der Waals surface area contributed by atoms with Gasteiger partial charge in [-0.1, -0.05) is 6.07 Å². The number of nitrogen functional groups attached to an aromatic ring is 1. The number of nitrogens with two attached hydrogens (primary N) is 1. The van der Waals surface area contributed by atoms with Crippen molar-refractivity contribution in [3.8, 4) is 5.75 Å². The fourth-order valence-corrected chi connectivity index (χ4v) is 2.50. The van der Waals surface area contributed by atoms with Gasteiger partial charge < -0.3 is 15.8 Å². The van der Waals surface area contributed by atoms with Crippen LogP contribution in [0.1, 0.15) is 12.5 Å². The second-order valence-corrected chi connectivity index (χ2v) is 4.92. The monoisotopic (exact) mass is 249 g/mol. The highest BCUT2D eigenvalue weighted by atomic mass is 16.5. The molecule has 18 heavy (non-hydrogen) atoms. The van der Waals surface area contributed by atoms with Crippen LogP contribution in [0.3, 0.4) is 0 Å². The van der Waals surface area contributed by atoms with E-state index in [2.05, 4.69) is 23.2 Å². The van der Waals surface area contributed by atoms with Crippen LogP contribution < -0.4 is 15.8 Å². The zero-order chi connectivity index (χ0) is 13.0. The van der Waals surface area contributed by atoms with E-state index >= 15 is 0 Å².